The van der Waals surface area contributed by atoms with Crippen LogP contribution in [0.4, 0.5) is 5.69 Å². The summed E-state index contributed by atoms with van der Waals surface area (Å²) >= 11 is 7.32. The lowest BCUT2D eigenvalue weighted by Gasteiger charge is -2.49. The zero-order valence-corrected chi connectivity index (χ0v) is 20.8. The van der Waals surface area contributed by atoms with Crippen LogP contribution in [0.15, 0.2) is 39.3 Å². The molecule has 2 aliphatic heterocycles. The predicted octanol–water partition coefficient (Wildman–Crippen LogP) is 5.65. The molecular weight excluding hydrogens is 512 g/mol. The Labute approximate surface area is 195 Å². The standard InChI is InChI=1S/C23H28Br2N2O3/c1-28-21-8-7-15(11-23(21)30-3)19-6-4-5-16-14-26(9-10-27(16)19)20-13-22(29-2)18(25)12-17(20)24/h7-8,11-13,16,19H,4-6,9-10,14H2,1-3H3. The molecule has 2 saturated heterocycles. The lowest BCUT2D eigenvalue weighted by Crippen LogP contribution is -2.55. The molecule has 2 aromatic carbocycles. The maximum Gasteiger partial charge on any atom is 0.161 e. The highest BCUT2D eigenvalue weighted by Gasteiger charge is 2.36. The minimum atomic E-state index is 0.425. The van der Waals surface area contributed by atoms with Gasteiger partial charge in [-0.2, -0.15) is 0 Å². The van der Waals surface area contributed by atoms with E-state index in [1.165, 1.54) is 30.5 Å². The summed E-state index contributed by atoms with van der Waals surface area (Å²) in [6.07, 6.45) is 3.65. The molecule has 0 N–H and O–H groups in total. The Morgan fingerprint density at radius 1 is 0.833 bits per heavy atom. The Balaban J connectivity index is 1.55. The third kappa shape index (κ3) is 4.16. The van der Waals surface area contributed by atoms with E-state index in [-0.39, 0.29) is 0 Å². The van der Waals surface area contributed by atoms with Crippen molar-refractivity contribution in [3.8, 4) is 17.2 Å². The van der Waals surface area contributed by atoms with Gasteiger partial charge in [0, 0.05) is 42.3 Å². The molecule has 0 radical (unpaired) electrons. The molecule has 0 aromatic heterocycles. The number of anilines is 1. The van der Waals surface area contributed by atoms with Crippen molar-refractivity contribution in [1.82, 2.24) is 4.90 Å². The van der Waals surface area contributed by atoms with Crippen LogP contribution < -0.4 is 19.1 Å². The quantitative estimate of drug-likeness (QED) is 0.490. The molecule has 0 spiro atoms. The maximum absolute atomic E-state index is 5.55. The Kier molecular flexibility index (Phi) is 6.80. The molecule has 0 saturated carbocycles. The summed E-state index contributed by atoms with van der Waals surface area (Å²) in [6.45, 7) is 3.05. The second kappa shape index (κ2) is 9.37. The number of benzene rings is 2. The number of methoxy groups -OCH3 is 3. The smallest absolute Gasteiger partial charge is 0.161 e. The molecule has 2 fully saturated rings. The van der Waals surface area contributed by atoms with E-state index >= 15 is 0 Å². The summed E-state index contributed by atoms with van der Waals surface area (Å²) < 4.78 is 18.6. The van der Waals surface area contributed by atoms with Crippen molar-refractivity contribution in [1.29, 1.82) is 0 Å². The summed E-state index contributed by atoms with van der Waals surface area (Å²) in [5.41, 5.74) is 2.51. The fraction of sp³-hybridized carbons (Fsp3) is 0.478. The van der Waals surface area contributed by atoms with Gasteiger partial charge in [0.05, 0.1) is 31.5 Å². The Morgan fingerprint density at radius 2 is 1.60 bits per heavy atom. The molecular formula is C23H28Br2N2O3. The van der Waals surface area contributed by atoms with Gasteiger partial charge in [0.2, 0.25) is 0 Å². The van der Waals surface area contributed by atoms with Crippen LogP contribution in [-0.4, -0.2) is 51.9 Å². The van der Waals surface area contributed by atoms with Crippen molar-refractivity contribution in [3.05, 3.63) is 44.8 Å². The molecule has 2 aromatic rings. The zero-order valence-electron chi connectivity index (χ0n) is 17.7. The number of hydrogen-bond acceptors (Lipinski definition) is 5. The van der Waals surface area contributed by atoms with Crippen LogP contribution in [-0.2, 0) is 0 Å². The first-order valence-electron chi connectivity index (χ1n) is 10.3. The number of ether oxygens (including phenoxy) is 3. The molecule has 162 valence electrons. The lowest BCUT2D eigenvalue weighted by molar-refractivity contribution is 0.0714. The van der Waals surface area contributed by atoms with Gasteiger partial charge in [0.1, 0.15) is 5.75 Å². The Morgan fingerprint density at radius 3 is 2.33 bits per heavy atom. The maximum atomic E-state index is 5.55. The van der Waals surface area contributed by atoms with Gasteiger partial charge in [-0.3, -0.25) is 4.90 Å². The van der Waals surface area contributed by atoms with E-state index in [9.17, 15) is 0 Å². The number of piperazine rings is 1. The first kappa shape index (κ1) is 21.8. The van der Waals surface area contributed by atoms with Crippen LogP contribution in [0.1, 0.15) is 30.9 Å². The first-order chi connectivity index (χ1) is 14.5. The van der Waals surface area contributed by atoms with Crippen molar-refractivity contribution >= 4 is 37.5 Å². The highest BCUT2D eigenvalue weighted by Crippen LogP contribution is 2.42. The van der Waals surface area contributed by atoms with E-state index in [1.54, 1.807) is 21.3 Å². The van der Waals surface area contributed by atoms with Gasteiger partial charge in [0.15, 0.2) is 11.5 Å². The van der Waals surface area contributed by atoms with Crippen LogP contribution in [0.3, 0.4) is 0 Å². The van der Waals surface area contributed by atoms with Crippen LogP contribution in [0.25, 0.3) is 0 Å². The minimum absolute atomic E-state index is 0.425. The highest BCUT2D eigenvalue weighted by molar-refractivity contribution is 9.11. The van der Waals surface area contributed by atoms with E-state index in [1.807, 2.05) is 6.07 Å². The third-order valence-corrected chi connectivity index (χ3v) is 7.55. The number of halogens is 2. The Hall–Kier alpha value is -1.44. The number of nitrogens with zero attached hydrogens (tertiary/aromatic N) is 2. The molecule has 30 heavy (non-hydrogen) atoms. The van der Waals surface area contributed by atoms with E-state index in [4.69, 9.17) is 14.2 Å². The molecule has 2 heterocycles. The Bertz CT molecular complexity index is 908. The van der Waals surface area contributed by atoms with Gasteiger partial charge in [-0.25, -0.2) is 0 Å². The number of piperidine rings is 1. The molecule has 7 heteroatoms. The summed E-state index contributed by atoms with van der Waals surface area (Å²) in [6, 6.07) is 11.5. The lowest BCUT2D eigenvalue weighted by atomic mass is 9.89. The van der Waals surface area contributed by atoms with Crippen molar-refractivity contribution in [3.63, 3.8) is 0 Å². The monoisotopic (exact) mass is 538 g/mol. The summed E-state index contributed by atoms with van der Waals surface area (Å²) in [5, 5.41) is 0. The van der Waals surface area contributed by atoms with Gasteiger partial charge in [0.25, 0.3) is 0 Å². The largest absolute Gasteiger partial charge is 0.495 e. The molecule has 5 nitrogen and oxygen atoms in total. The summed E-state index contributed by atoms with van der Waals surface area (Å²) in [7, 11) is 5.10. The van der Waals surface area contributed by atoms with Gasteiger partial charge >= 0.3 is 0 Å². The van der Waals surface area contributed by atoms with Gasteiger partial charge in [-0.1, -0.05) is 6.07 Å². The first-order valence-corrected chi connectivity index (χ1v) is 11.9. The number of hydrogen-bond donors (Lipinski definition) is 0. The second-order valence-electron chi connectivity index (χ2n) is 7.84. The molecule has 2 aliphatic rings. The van der Waals surface area contributed by atoms with Crippen molar-refractivity contribution in [2.45, 2.75) is 31.3 Å². The fourth-order valence-electron chi connectivity index (χ4n) is 4.80. The molecule has 0 bridgehead atoms. The minimum Gasteiger partial charge on any atom is -0.495 e. The van der Waals surface area contributed by atoms with Crippen LogP contribution in [0, 0.1) is 0 Å². The van der Waals surface area contributed by atoms with Crippen molar-refractivity contribution < 1.29 is 14.2 Å². The predicted molar refractivity (Wildman–Crippen MR) is 127 cm³/mol. The fourth-order valence-corrected chi connectivity index (χ4v) is 6.21. The van der Waals surface area contributed by atoms with E-state index in [0.717, 1.165) is 45.8 Å². The van der Waals surface area contributed by atoms with Crippen LogP contribution in [0.5, 0.6) is 17.2 Å². The summed E-state index contributed by atoms with van der Waals surface area (Å²) in [4.78, 5) is 5.17. The SMILES string of the molecule is COc1cc(N2CCN3C(CCCC3c3ccc(OC)c(OC)c3)C2)c(Br)cc1Br. The van der Waals surface area contributed by atoms with Gasteiger partial charge in [-0.15, -0.1) is 0 Å². The number of rotatable bonds is 5. The zero-order chi connectivity index (χ0) is 21.3. The third-order valence-electron chi connectivity index (χ3n) is 6.30. The van der Waals surface area contributed by atoms with E-state index < -0.39 is 0 Å². The van der Waals surface area contributed by atoms with Gasteiger partial charge < -0.3 is 19.1 Å². The van der Waals surface area contributed by atoms with Crippen LogP contribution >= 0.6 is 31.9 Å². The summed E-state index contributed by atoms with van der Waals surface area (Å²) in [5.74, 6) is 2.46. The molecule has 4 rings (SSSR count). The van der Waals surface area contributed by atoms with Crippen LogP contribution in [0.2, 0.25) is 0 Å². The average Bonchev–Trinajstić information content (AvgIpc) is 2.78. The highest BCUT2D eigenvalue weighted by atomic mass is 79.9. The normalized spacial score (nSPS) is 21.8. The van der Waals surface area contributed by atoms with Crippen molar-refractivity contribution in [2.24, 2.45) is 0 Å². The molecule has 2 atom stereocenters. The topological polar surface area (TPSA) is 34.2 Å². The average molecular weight is 540 g/mol. The molecule has 0 aliphatic carbocycles. The van der Waals surface area contributed by atoms with Crippen molar-refractivity contribution in [2.75, 3.05) is 45.9 Å². The van der Waals surface area contributed by atoms with E-state index in [0.29, 0.717) is 12.1 Å². The van der Waals surface area contributed by atoms with E-state index in [2.05, 4.69) is 65.9 Å². The molecule has 2 unspecified atom stereocenters. The number of fused-ring (bicyclic) bond motifs is 1. The second-order valence-corrected chi connectivity index (χ2v) is 9.55. The van der Waals surface area contributed by atoms with Gasteiger partial charge in [-0.05, 0) is 74.9 Å². The molecule has 0 amide bonds.